The lowest BCUT2D eigenvalue weighted by molar-refractivity contribution is 0.730. The molecule has 0 saturated heterocycles. The smallest absolute Gasteiger partial charge is 0.248 e. The van der Waals surface area contributed by atoms with Crippen molar-refractivity contribution >= 4 is 0 Å². The summed E-state index contributed by atoms with van der Waals surface area (Å²) in [5, 5.41) is 0. The molecule has 0 aliphatic carbocycles. The Morgan fingerprint density at radius 2 is 2.46 bits per heavy atom. The van der Waals surface area contributed by atoms with Crippen LogP contribution in [0.3, 0.4) is 0 Å². The number of hydrogen-bond acceptors (Lipinski definition) is 2. The average Bonchev–Trinajstić information content (AvgIpc) is 2.04. The number of pyridine rings is 1. The third-order valence-corrected chi connectivity index (χ3v) is 1.99. The minimum Gasteiger partial charge on any atom is -0.329 e. The van der Waals surface area contributed by atoms with Gasteiger partial charge in [-0.25, -0.2) is 0 Å². The lowest BCUT2D eigenvalue weighted by atomic mass is 10.0. The van der Waals surface area contributed by atoms with Crippen molar-refractivity contribution in [2.24, 2.45) is 5.73 Å². The van der Waals surface area contributed by atoms with Crippen LogP contribution in [0.5, 0.6) is 0 Å². The van der Waals surface area contributed by atoms with Crippen molar-refractivity contribution in [3.63, 3.8) is 0 Å². The molecule has 3 nitrogen and oxygen atoms in total. The van der Waals surface area contributed by atoms with Crippen LogP contribution in [0.15, 0.2) is 29.7 Å². The van der Waals surface area contributed by atoms with E-state index in [1.807, 2.05) is 6.92 Å². The second-order valence-corrected chi connectivity index (χ2v) is 3.07. The van der Waals surface area contributed by atoms with Gasteiger partial charge in [0.25, 0.3) is 0 Å². The van der Waals surface area contributed by atoms with Crippen molar-refractivity contribution in [2.45, 2.75) is 19.4 Å². The predicted octanol–water partition coefficient (Wildman–Crippen LogP) is 1.26. The molecule has 0 fully saturated rings. The highest BCUT2D eigenvalue weighted by Gasteiger charge is 2.06. The number of H-pyrrole nitrogens is 1. The fourth-order valence-electron chi connectivity index (χ4n) is 1.29. The third-order valence-electron chi connectivity index (χ3n) is 1.99. The first-order valence-electron chi connectivity index (χ1n) is 4.21. The van der Waals surface area contributed by atoms with E-state index in [1.54, 1.807) is 18.3 Å². The van der Waals surface area contributed by atoms with Crippen molar-refractivity contribution < 1.29 is 0 Å². The topological polar surface area (TPSA) is 58.9 Å². The molecule has 1 atom stereocenters. The Morgan fingerprint density at radius 1 is 1.77 bits per heavy atom. The van der Waals surface area contributed by atoms with E-state index in [4.69, 9.17) is 5.73 Å². The molecular formula is C10H14N2O. The van der Waals surface area contributed by atoms with Crippen molar-refractivity contribution in [3.8, 4) is 0 Å². The highest BCUT2D eigenvalue weighted by molar-refractivity contribution is 5.25. The fraction of sp³-hybridized carbons (Fsp3) is 0.300. The third kappa shape index (κ3) is 2.29. The van der Waals surface area contributed by atoms with Gasteiger partial charge < -0.3 is 10.7 Å². The van der Waals surface area contributed by atoms with Crippen molar-refractivity contribution in [1.82, 2.24) is 4.98 Å². The minimum atomic E-state index is -0.0907. The Hall–Kier alpha value is -1.35. The molecular weight excluding hydrogens is 164 g/mol. The standard InChI is InChI=1S/C10H14N2O/c1-3-4-9(11)8-6-12-10(13)5-7(8)2/h3,5-6,9H,1,4,11H2,2H3,(H,12,13)/t9-/m1/s1. The van der Waals surface area contributed by atoms with Crippen molar-refractivity contribution in [3.05, 3.63) is 46.4 Å². The van der Waals surface area contributed by atoms with Gasteiger partial charge in [0.15, 0.2) is 0 Å². The minimum absolute atomic E-state index is 0.0747. The van der Waals surface area contributed by atoms with E-state index in [1.165, 1.54) is 0 Å². The SMILES string of the molecule is C=CC[C@@H](N)c1c[nH]c(=O)cc1C. The molecule has 0 unspecified atom stereocenters. The van der Waals surface area contributed by atoms with Gasteiger partial charge in [0, 0.05) is 18.3 Å². The van der Waals surface area contributed by atoms with E-state index in [0.717, 1.165) is 11.1 Å². The van der Waals surface area contributed by atoms with E-state index in [-0.39, 0.29) is 11.6 Å². The van der Waals surface area contributed by atoms with Crippen LogP contribution < -0.4 is 11.3 Å². The predicted molar refractivity (Wildman–Crippen MR) is 53.5 cm³/mol. The Labute approximate surface area is 77.3 Å². The molecule has 0 bridgehead atoms. The molecule has 0 aliphatic rings. The summed E-state index contributed by atoms with van der Waals surface area (Å²) in [5.41, 5.74) is 7.67. The zero-order valence-corrected chi connectivity index (χ0v) is 7.71. The van der Waals surface area contributed by atoms with Crippen LogP contribution in [0.2, 0.25) is 0 Å². The summed E-state index contributed by atoms with van der Waals surface area (Å²) in [5.74, 6) is 0. The first-order valence-corrected chi connectivity index (χ1v) is 4.21. The quantitative estimate of drug-likeness (QED) is 0.684. The Morgan fingerprint density at radius 3 is 3.00 bits per heavy atom. The van der Waals surface area contributed by atoms with Crippen LogP contribution in [-0.4, -0.2) is 4.98 Å². The molecule has 0 spiro atoms. The number of nitrogens with two attached hydrogens (primary N) is 1. The summed E-state index contributed by atoms with van der Waals surface area (Å²) >= 11 is 0. The highest BCUT2D eigenvalue weighted by Crippen LogP contribution is 2.15. The first kappa shape index (κ1) is 9.74. The summed E-state index contributed by atoms with van der Waals surface area (Å²) in [6.07, 6.45) is 4.16. The zero-order valence-electron chi connectivity index (χ0n) is 7.71. The van der Waals surface area contributed by atoms with Gasteiger partial charge in [-0.05, 0) is 24.5 Å². The molecule has 1 aromatic heterocycles. The molecule has 1 rings (SSSR count). The van der Waals surface area contributed by atoms with Gasteiger partial charge in [-0.15, -0.1) is 6.58 Å². The maximum Gasteiger partial charge on any atom is 0.248 e. The monoisotopic (exact) mass is 178 g/mol. The summed E-state index contributed by atoms with van der Waals surface area (Å²) in [4.78, 5) is 13.5. The lowest BCUT2D eigenvalue weighted by Gasteiger charge is -2.11. The Bertz CT molecular complexity index is 354. The van der Waals surface area contributed by atoms with E-state index in [2.05, 4.69) is 11.6 Å². The first-order chi connectivity index (χ1) is 6.15. The van der Waals surface area contributed by atoms with E-state index in [9.17, 15) is 4.79 Å². The van der Waals surface area contributed by atoms with Crippen LogP contribution in [0, 0.1) is 6.92 Å². The number of nitrogens with one attached hydrogen (secondary N) is 1. The van der Waals surface area contributed by atoms with Gasteiger partial charge >= 0.3 is 0 Å². The van der Waals surface area contributed by atoms with Crippen LogP contribution >= 0.6 is 0 Å². The normalized spacial score (nSPS) is 12.5. The molecule has 0 saturated carbocycles. The summed E-state index contributed by atoms with van der Waals surface area (Å²) in [6.45, 7) is 5.50. The van der Waals surface area contributed by atoms with E-state index >= 15 is 0 Å². The van der Waals surface area contributed by atoms with Gasteiger partial charge in [0.2, 0.25) is 5.56 Å². The maximum absolute atomic E-state index is 10.9. The number of aryl methyl sites for hydroxylation is 1. The Kier molecular flexibility index (Phi) is 3.03. The zero-order chi connectivity index (χ0) is 9.84. The average molecular weight is 178 g/mol. The number of rotatable bonds is 3. The van der Waals surface area contributed by atoms with Gasteiger partial charge in [0.1, 0.15) is 0 Å². The molecule has 3 N–H and O–H groups in total. The molecule has 13 heavy (non-hydrogen) atoms. The molecule has 70 valence electrons. The largest absolute Gasteiger partial charge is 0.329 e. The molecule has 0 amide bonds. The van der Waals surface area contributed by atoms with Crippen LogP contribution in [0.1, 0.15) is 23.6 Å². The molecule has 0 aliphatic heterocycles. The summed E-state index contributed by atoms with van der Waals surface area (Å²) in [7, 11) is 0. The molecule has 1 heterocycles. The van der Waals surface area contributed by atoms with E-state index in [0.29, 0.717) is 6.42 Å². The lowest BCUT2D eigenvalue weighted by Crippen LogP contribution is -2.14. The van der Waals surface area contributed by atoms with E-state index < -0.39 is 0 Å². The van der Waals surface area contributed by atoms with Crippen LogP contribution in [-0.2, 0) is 0 Å². The number of aromatic nitrogens is 1. The second kappa shape index (κ2) is 4.05. The number of aromatic amines is 1. The van der Waals surface area contributed by atoms with Gasteiger partial charge in [0.05, 0.1) is 0 Å². The van der Waals surface area contributed by atoms with Crippen LogP contribution in [0.4, 0.5) is 0 Å². The van der Waals surface area contributed by atoms with Crippen molar-refractivity contribution in [1.29, 1.82) is 0 Å². The Balaban J connectivity index is 3.00. The van der Waals surface area contributed by atoms with Gasteiger partial charge in [-0.1, -0.05) is 6.08 Å². The van der Waals surface area contributed by atoms with Gasteiger partial charge in [-0.3, -0.25) is 4.79 Å². The summed E-state index contributed by atoms with van der Waals surface area (Å²) < 4.78 is 0. The van der Waals surface area contributed by atoms with Crippen molar-refractivity contribution in [2.75, 3.05) is 0 Å². The summed E-state index contributed by atoms with van der Waals surface area (Å²) in [6, 6.07) is 1.48. The maximum atomic E-state index is 10.9. The molecule has 1 aromatic rings. The van der Waals surface area contributed by atoms with Crippen LogP contribution in [0.25, 0.3) is 0 Å². The highest BCUT2D eigenvalue weighted by atomic mass is 16.1. The van der Waals surface area contributed by atoms with Gasteiger partial charge in [-0.2, -0.15) is 0 Å². The molecule has 0 aromatic carbocycles. The molecule has 0 radical (unpaired) electrons. The second-order valence-electron chi connectivity index (χ2n) is 3.07. The fourth-order valence-corrected chi connectivity index (χ4v) is 1.29. The molecule has 3 heteroatoms. The number of hydrogen-bond donors (Lipinski definition) is 2.